The van der Waals surface area contributed by atoms with Crippen molar-refractivity contribution in [3.05, 3.63) is 40.0 Å². The van der Waals surface area contributed by atoms with Crippen molar-refractivity contribution in [2.24, 2.45) is 0 Å². The Bertz CT molecular complexity index is 957. The molecule has 0 aliphatic carbocycles. The molecule has 3 heterocycles. The Labute approximate surface area is 160 Å². The van der Waals surface area contributed by atoms with E-state index in [1.54, 1.807) is 17.5 Å². The first kappa shape index (κ1) is 19.6. The topological polar surface area (TPSA) is 68.5 Å². The summed E-state index contributed by atoms with van der Waals surface area (Å²) in [5.74, 6) is -0.674. The van der Waals surface area contributed by atoms with Crippen LogP contribution in [-0.2, 0) is 10.9 Å². The number of thiophene rings is 1. The normalized spacial score (nSPS) is 11.9. The van der Waals surface area contributed by atoms with Crippen molar-refractivity contribution in [3.63, 3.8) is 0 Å². The maximum Gasteiger partial charge on any atom is 0.433 e. The molecular formula is C16H14ClF3N4O2S. The zero-order chi connectivity index (χ0) is 19.6. The minimum Gasteiger partial charge on any atom is -0.385 e. The third-order valence-electron chi connectivity index (χ3n) is 3.62. The van der Waals surface area contributed by atoms with Crippen molar-refractivity contribution in [3.8, 4) is 10.6 Å². The van der Waals surface area contributed by atoms with E-state index in [0.717, 1.165) is 6.07 Å². The van der Waals surface area contributed by atoms with E-state index >= 15 is 0 Å². The summed E-state index contributed by atoms with van der Waals surface area (Å²) in [6.45, 7) is 0.708. The molecule has 0 atom stereocenters. The van der Waals surface area contributed by atoms with E-state index in [-0.39, 0.29) is 28.6 Å². The van der Waals surface area contributed by atoms with Crippen molar-refractivity contribution in [1.29, 1.82) is 0 Å². The molecule has 3 rings (SSSR count). The van der Waals surface area contributed by atoms with Crippen molar-refractivity contribution in [1.82, 2.24) is 19.9 Å². The van der Waals surface area contributed by atoms with Gasteiger partial charge in [-0.2, -0.15) is 18.3 Å². The number of alkyl halides is 3. The third-order valence-corrected chi connectivity index (χ3v) is 4.86. The number of hydrogen-bond donors (Lipinski definition) is 1. The quantitative estimate of drug-likeness (QED) is 0.616. The first-order valence-corrected chi connectivity index (χ1v) is 9.06. The molecular weight excluding hydrogens is 405 g/mol. The highest BCUT2D eigenvalue weighted by Gasteiger charge is 2.36. The second kappa shape index (κ2) is 7.83. The fourth-order valence-corrected chi connectivity index (χ4v) is 3.32. The average Bonchev–Trinajstić information content (AvgIpc) is 3.25. The number of halogens is 4. The highest BCUT2D eigenvalue weighted by Crippen LogP contribution is 2.35. The van der Waals surface area contributed by atoms with E-state index < -0.39 is 17.8 Å². The molecule has 1 N–H and O–H groups in total. The Morgan fingerprint density at radius 3 is 2.85 bits per heavy atom. The summed E-state index contributed by atoms with van der Waals surface area (Å²) >= 11 is 7.40. The lowest BCUT2D eigenvalue weighted by Crippen LogP contribution is -2.26. The van der Waals surface area contributed by atoms with Crippen LogP contribution in [0, 0.1) is 0 Å². The van der Waals surface area contributed by atoms with Crippen LogP contribution in [0.15, 0.2) is 23.6 Å². The number of amides is 1. The molecule has 1 amide bonds. The number of hydrogen-bond acceptors (Lipinski definition) is 5. The van der Waals surface area contributed by atoms with Gasteiger partial charge < -0.3 is 10.1 Å². The van der Waals surface area contributed by atoms with Gasteiger partial charge in [0.15, 0.2) is 17.0 Å². The standard InChI is InChI=1S/C16H14ClF3N4O2S/c1-26-6-3-5-21-15(25)13-12(17)14-22-9(10-4-2-7-27-10)8-11(16(18,19)20)24(14)23-13/h2,4,7-8H,3,5-6H2,1H3,(H,21,25). The summed E-state index contributed by atoms with van der Waals surface area (Å²) in [6, 6.07) is 4.25. The molecule has 0 saturated carbocycles. The van der Waals surface area contributed by atoms with Gasteiger partial charge in [-0.15, -0.1) is 11.3 Å². The lowest BCUT2D eigenvalue weighted by Gasteiger charge is -2.10. The van der Waals surface area contributed by atoms with Crippen LogP contribution < -0.4 is 5.32 Å². The van der Waals surface area contributed by atoms with Gasteiger partial charge in [0.1, 0.15) is 5.02 Å². The van der Waals surface area contributed by atoms with Crippen molar-refractivity contribution in [2.45, 2.75) is 12.6 Å². The predicted molar refractivity (Wildman–Crippen MR) is 95.1 cm³/mol. The number of nitrogens with one attached hydrogen (secondary N) is 1. The zero-order valence-electron chi connectivity index (χ0n) is 14.0. The average molecular weight is 419 g/mol. The van der Waals surface area contributed by atoms with E-state index in [1.165, 1.54) is 18.4 Å². The molecule has 0 aliphatic heterocycles. The SMILES string of the molecule is COCCCNC(=O)c1nn2c(C(F)(F)F)cc(-c3cccs3)nc2c1Cl. The molecule has 0 unspecified atom stereocenters. The zero-order valence-corrected chi connectivity index (χ0v) is 15.6. The molecule has 0 aromatic carbocycles. The highest BCUT2D eigenvalue weighted by atomic mass is 35.5. The molecule has 0 spiro atoms. The summed E-state index contributed by atoms with van der Waals surface area (Å²) in [5, 5.41) is 7.81. The van der Waals surface area contributed by atoms with Gasteiger partial charge in [0.25, 0.3) is 5.91 Å². The molecule has 144 valence electrons. The predicted octanol–water partition coefficient (Wildman–Crippen LogP) is 3.90. The summed E-state index contributed by atoms with van der Waals surface area (Å²) in [4.78, 5) is 17.0. The summed E-state index contributed by atoms with van der Waals surface area (Å²) in [5.41, 5.74) is -1.48. The van der Waals surface area contributed by atoms with Gasteiger partial charge in [-0.1, -0.05) is 17.7 Å². The van der Waals surface area contributed by atoms with E-state index in [9.17, 15) is 18.0 Å². The molecule has 11 heteroatoms. The maximum atomic E-state index is 13.5. The van der Waals surface area contributed by atoms with Crippen molar-refractivity contribution < 1.29 is 22.7 Å². The van der Waals surface area contributed by atoms with Crippen molar-refractivity contribution >= 4 is 34.5 Å². The Morgan fingerprint density at radius 2 is 2.22 bits per heavy atom. The van der Waals surface area contributed by atoms with Crippen LogP contribution in [0.5, 0.6) is 0 Å². The van der Waals surface area contributed by atoms with Gasteiger partial charge in [0.2, 0.25) is 0 Å². The number of nitrogens with zero attached hydrogens (tertiary/aromatic N) is 3. The van der Waals surface area contributed by atoms with E-state index in [4.69, 9.17) is 16.3 Å². The van der Waals surface area contributed by atoms with Gasteiger partial charge in [0, 0.05) is 20.3 Å². The lowest BCUT2D eigenvalue weighted by atomic mass is 10.2. The highest BCUT2D eigenvalue weighted by molar-refractivity contribution is 7.13. The van der Waals surface area contributed by atoms with Gasteiger partial charge in [0.05, 0.1) is 10.6 Å². The number of fused-ring (bicyclic) bond motifs is 1. The van der Waals surface area contributed by atoms with Crippen LogP contribution in [0.2, 0.25) is 5.02 Å². The van der Waals surface area contributed by atoms with Crippen LogP contribution in [0.4, 0.5) is 13.2 Å². The molecule has 3 aromatic rings. The maximum absolute atomic E-state index is 13.5. The number of methoxy groups -OCH3 is 1. The molecule has 0 saturated heterocycles. The Morgan fingerprint density at radius 1 is 1.44 bits per heavy atom. The molecule has 0 radical (unpaired) electrons. The second-order valence-corrected chi connectivity index (χ2v) is 6.83. The summed E-state index contributed by atoms with van der Waals surface area (Å²) in [7, 11) is 1.52. The molecule has 0 fully saturated rings. The third kappa shape index (κ3) is 4.07. The Hall–Kier alpha value is -2.17. The van der Waals surface area contributed by atoms with E-state index in [1.807, 2.05) is 0 Å². The first-order valence-electron chi connectivity index (χ1n) is 7.80. The van der Waals surface area contributed by atoms with Crippen LogP contribution in [0.25, 0.3) is 16.2 Å². The van der Waals surface area contributed by atoms with E-state index in [0.29, 0.717) is 22.4 Å². The number of rotatable bonds is 6. The molecule has 0 bridgehead atoms. The summed E-state index contributed by atoms with van der Waals surface area (Å²) in [6.07, 6.45) is -4.16. The van der Waals surface area contributed by atoms with Gasteiger partial charge in [-0.3, -0.25) is 4.79 Å². The Kier molecular flexibility index (Phi) is 5.68. The minimum atomic E-state index is -4.70. The van der Waals surface area contributed by atoms with Crippen LogP contribution in [-0.4, -0.2) is 40.8 Å². The largest absolute Gasteiger partial charge is 0.433 e. The lowest BCUT2D eigenvalue weighted by molar-refractivity contribution is -0.142. The fraction of sp³-hybridized carbons (Fsp3) is 0.312. The molecule has 6 nitrogen and oxygen atoms in total. The second-order valence-electron chi connectivity index (χ2n) is 5.50. The number of carbonyl (C=O) groups excluding carboxylic acids is 1. The molecule has 3 aromatic heterocycles. The van der Waals surface area contributed by atoms with Crippen LogP contribution >= 0.6 is 22.9 Å². The van der Waals surface area contributed by atoms with Gasteiger partial charge >= 0.3 is 6.18 Å². The fourth-order valence-electron chi connectivity index (χ4n) is 2.39. The molecule has 0 aliphatic rings. The monoisotopic (exact) mass is 418 g/mol. The van der Waals surface area contributed by atoms with Gasteiger partial charge in [-0.25, -0.2) is 9.50 Å². The first-order chi connectivity index (χ1) is 12.8. The Balaban J connectivity index is 2.06. The number of aromatic nitrogens is 3. The minimum absolute atomic E-state index is 0.110. The van der Waals surface area contributed by atoms with Crippen molar-refractivity contribution in [2.75, 3.05) is 20.3 Å². The van der Waals surface area contributed by atoms with E-state index in [2.05, 4.69) is 15.4 Å². The summed E-state index contributed by atoms with van der Waals surface area (Å²) < 4.78 is 46.0. The van der Waals surface area contributed by atoms with Crippen LogP contribution in [0.1, 0.15) is 22.6 Å². The number of carbonyl (C=O) groups is 1. The smallest absolute Gasteiger partial charge is 0.385 e. The van der Waals surface area contributed by atoms with Gasteiger partial charge in [-0.05, 0) is 23.9 Å². The molecule has 27 heavy (non-hydrogen) atoms. The number of ether oxygens (including phenoxy) is 1. The van der Waals surface area contributed by atoms with Crippen LogP contribution in [0.3, 0.4) is 0 Å².